The number of nitrogens with one attached hydrogen (secondary N) is 2. The minimum Gasteiger partial charge on any atom is -0.364 e. The highest BCUT2D eigenvalue weighted by atomic mass is 19.1. The van der Waals surface area contributed by atoms with Gasteiger partial charge in [-0.05, 0) is 56.6 Å². The summed E-state index contributed by atoms with van der Waals surface area (Å²) >= 11 is 0. The van der Waals surface area contributed by atoms with Gasteiger partial charge in [-0.3, -0.25) is 9.78 Å². The van der Waals surface area contributed by atoms with E-state index in [0.29, 0.717) is 11.7 Å². The monoisotopic (exact) mass is 354 g/mol. The van der Waals surface area contributed by atoms with Crippen molar-refractivity contribution in [3.05, 3.63) is 53.2 Å². The van der Waals surface area contributed by atoms with Crippen LogP contribution in [-0.4, -0.2) is 28.0 Å². The molecule has 0 saturated heterocycles. The number of hydrogen-bond acceptors (Lipinski definition) is 4. The van der Waals surface area contributed by atoms with Gasteiger partial charge in [0.15, 0.2) is 0 Å². The lowest BCUT2D eigenvalue weighted by atomic mass is 10.0. The van der Waals surface area contributed by atoms with Gasteiger partial charge in [-0.2, -0.15) is 0 Å². The van der Waals surface area contributed by atoms with Gasteiger partial charge in [-0.15, -0.1) is 0 Å². The van der Waals surface area contributed by atoms with Crippen molar-refractivity contribution in [3.63, 3.8) is 0 Å². The Morgan fingerprint density at radius 3 is 2.65 bits per heavy atom. The first-order valence-electron chi connectivity index (χ1n) is 9.26. The van der Waals surface area contributed by atoms with Crippen molar-refractivity contribution < 1.29 is 9.18 Å². The fraction of sp³-hybridized carbons (Fsp3) is 0.450. The van der Waals surface area contributed by atoms with Gasteiger partial charge < -0.3 is 10.6 Å². The van der Waals surface area contributed by atoms with Crippen LogP contribution in [0.5, 0.6) is 0 Å². The molecular formula is C20H23FN4O. The zero-order valence-corrected chi connectivity index (χ0v) is 14.8. The van der Waals surface area contributed by atoms with Crippen molar-refractivity contribution >= 4 is 11.7 Å². The Kier molecular flexibility index (Phi) is 4.57. The van der Waals surface area contributed by atoms with E-state index in [9.17, 15) is 9.18 Å². The molecule has 2 fully saturated rings. The summed E-state index contributed by atoms with van der Waals surface area (Å²) in [6, 6.07) is 4.97. The van der Waals surface area contributed by atoms with E-state index in [1.165, 1.54) is 6.07 Å². The molecule has 5 nitrogen and oxygen atoms in total. The molecule has 2 aliphatic rings. The van der Waals surface area contributed by atoms with Crippen LogP contribution in [0.2, 0.25) is 0 Å². The Bertz CT molecular complexity index is 804. The molecule has 2 N–H and O–H groups in total. The Hall–Kier alpha value is -2.50. The summed E-state index contributed by atoms with van der Waals surface area (Å²) in [5.74, 6) is 0.288. The van der Waals surface area contributed by atoms with Crippen molar-refractivity contribution in [2.45, 2.75) is 57.0 Å². The second kappa shape index (κ2) is 7.02. The summed E-state index contributed by atoms with van der Waals surface area (Å²) in [5.41, 5.74) is 1.92. The SMILES string of the molecule is Cc1cnc(N[C@H]2CCC[C@@H]2NC(=O)c2c(F)cccc2C2CC2)cn1. The van der Waals surface area contributed by atoms with E-state index >= 15 is 0 Å². The van der Waals surface area contributed by atoms with Gasteiger partial charge in [0.2, 0.25) is 0 Å². The Morgan fingerprint density at radius 2 is 1.92 bits per heavy atom. The molecule has 1 amide bonds. The van der Waals surface area contributed by atoms with Crippen LogP contribution in [0.3, 0.4) is 0 Å². The standard InChI is InChI=1S/C20H23FN4O/c1-12-10-23-18(11-22-12)24-16-6-3-7-17(16)25-20(26)19-14(13-8-9-13)4-2-5-15(19)21/h2,4-5,10-11,13,16-17H,3,6-9H2,1H3,(H,23,24)(H,25,26)/t16-,17-/m0/s1. The highest BCUT2D eigenvalue weighted by molar-refractivity contribution is 5.96. The van der Waals surface area contributed by atoms with Crippen LogP contribution < -0.4 is 10.6 Å². The van der Waals surface area contributed by atoms with Crippen molar-refractivity contribution in [2.75, 3.05) is 5.32 Å². The predicted molar refractivity (Wildman–Crippen MR) is 97.7 cm³/mol. The van der Waals surface area contributed by atoms with E-state index in [1.54, 1.807) is 18.5 Å². The van der Waals surface area contributed by atoms with E-state index in [1.807, 2.05) is 13.0 Å². The van der Waals surface area contributed by atoms with E-state index in [-0.39, 0.29) is 23.6 Å². The van der Waals surface area contributed by atoms with Crippen molar-refractivity contribution in [3.8, 4) is 0 Å². The average molecular weight is 354 g/mol. The maximum atomic E-state index is 14.3. The van der Waals surface area contributed by atoms with Crippen LogP contribution >= 0.6 is 0 Å². The molecule has 2 aromatic rings. The molecule has 136 valence electrons. The van der Waals surface area contributed by atoms with Gasteiger partial charge in [0, 0.05) is 12.1 Å². The Balaban J connectivity index is 1.48. The molecule has 2 atom stereocenters. The lowest BCUT2D eigenvalue weighted by Crippen LogP contribution is -2.44. The zero-order chi connectivity index (χ0) is 18.1. The molecule has 0 radical (unpaired) electrons. The molecule has 26 heavy (non-hydrogen) atoms. The molecule has 0 bridgehead atoms. The van der Waals surface area contributed by atoms with E-state index in [0.717, 1.165) is 43.4 Å². The number of aromatic nitrogens is 2. The number of hydrogen-bond donors (Lipinski definition) is 2. The lowest BCUT2D eigenvalue weighted by molar-refractivity contribution is 0.0930. The number of amides is 1. The third kappa shape index (κ3) is 3.54. The number of carbonyl (C=O) groups is 1. The molecule has 2 aliphatic carbocycles. The maximum Gasteiger partial charge on any atom is 0.254 e. The van der Waals surface area contributed by atoms with E-state index in [4.69, 9.17) is 0 Å². The smallest absolute Gasteiger partial charge is 0.254 e. The van der Waals surface area contributed by atoms with Crippen LogP contribution in [0.25, 0.3) is 0 Å². The largest absolute Gasteiger partial charge is 0.364 e. The topological polar surface area (TPSA) is 66.9 Å². The third-order valence-electron chi connectivity index (χ3n) is 5.24. The molecule has 1 heterocycles. The normalized spacial score (nSPS) is 22.2. The van der Waals surface area contributed by atoms with Gasteiger partial charge in [-0.1, -0.05) is 12.1 Å². The molecular weight excluding hydrogens is 331 g/mol. The van der Waals surface area contributed by atoms with Crippen LogP contribution in [0.1, 0.15) is 59.6 Å². The summed E-state index contributed by atoms with van der Waals surface area (Å²) in [4.78, 5) is 21.4. The summed E-state index contributed by atoms with van der Waals surface area (Å²) in [7, 11) is 0. The molecule has 0 unspecified atom stereocenters. The number of carbonyl (C=O) groups excluding carboxylic acids is 1. The van der Waals surface area contributed by atoms with Crippen molar-refractivity contribution in [1.82, 2.24) is 15.3 Å². The molecule has 6 heteroatoms. The van der Waals surface area contributed by atoms with Gasteiger partial charge in [0.25, 0.3) is 5.91 Å². The first kappa shape index (κ1) is 16.9. The molecule has 1 aromatic carbocycles. The van der Waals surface area contributed by atoms with Crippen LogP contribution in [0.15, 0.2) is 30.6 Å². The summed E-state index contributed by atoms with van der Waals surface area (Å²) in [6.07, 6.45) is 8.30. The van der Waals surface area contributed by atoms with Gasteiger partial charge >= 0.3 is 0 Å². The average Bonchev–Trinajstić information content (AvgIpc) is 3.39. The van der Waals surface area contributed by atoms with Crippen LogP contribution in [-0.2, 0) is 0 Å². The fourth-order valence-electron chi connectivity index (χ4n) is 3.72. The number of rotatable bonds is 5. The molecule has 1 aromatic heterocycles. The molecule has 2 saturated carbocycles. The zero-order valence-electron chi connectivity index (χ0n) is 14.8. The highest BCUT2D eigenvalue weighted by Crippen LogP contribution is 2.42. The minimum atomic E-state index is -0.432. The van der Waals surface area contributed by atoms with E-state index < -0.39 is 5.82 Å². The van der Waals surface area contributed by atoms with Crippen molar-refractivity contribution in [1.29, 1.82) is 0 Å². The quantitative estimate of drug-likeness (QED) is 0.861. The third-order valence-corrected chi connectivity index (χ3v) is 5.24. The van der Waals surface area contributed by atoms with Gasteiger partial charge in [-0.25, -0.2) is 9.37 Å². The summed E-state index contributed by atoms with van der Waals surface area (Å²) < 4.78 is 14.3. The second-order valence-corrected chi connectivity index (χ2v) is 7.28. The maximum absolute atomic E-state index is 14.3. The molecule has 4 rings (SSSR count). The summed E-state index contributed by atoms with van der Waals surface area (Å²) in [5, 5.41) is 6.41. The number of anilines is 1. The second-order valence-electron chi connectivity index (χ2n) is 7.28. The molecule has 0 spiro atoms. The van der Waals surface area contributed by atoms with Gasteiger partial charge in [0.05, 0.1) is 23.7 Å². The predicted octanol–water partition coefficient (Wildman–Crippen LogP) is 3.56. The van der Waals surface area contributed by atoms with Crippen LogP contribution in [0, 0.1) is 12.7 Å². The fourth-order valence-corrected chi connectivity index (χ4v) is 3.72. The molecule has 0 aliphatic heterocycles. The number of benzene rings is 1. The number of halogens is 1. The lowest BCUT2D eigenvalue weighted by Gasteiger charge is -2.23. The van der Waals surface area contributed by atoms with E-state index in [2.05, 4.69) is 20.6 Å². The number of aryl methyl sites for hydroxylation is 1. The first-order chi connectivity index (χ1) is 12.6. The number of nitrogens with zero attached hydrogens (tertiary/aromatic N) is 2. The minimum absolute atomic E-state index is 0.0442. The first-order valence-corrected chi connectivity index (χ1v) is 9.26. The summed E-state index contributed by atoms with van der Waals surface area (Å²) in [6.45, 7) is 1.89. The van der Waals surface area contributed by atoms with Crippen molar-refractivity contribution in [2.24, 2.45) is 0 Å². The van der Waals surface area contributed by atoms with Gasteiger partial charge in [0.1, 0.15) is 11.6 Å². The Morgan fingerprint density at radius 1 is 1.12 bits per heavy atom. The highest BCUT2D eigenvalue weighted by Gasteiger charge is 2.33. The van der Waals surface area contributed by atoms with Crippen LogP contribution in [0.4, 0.5) is 10.2 Å². The Labute approximate surface area is 152 Å².